The van der Waals surface area contributed by atoms with E-state index in [0.717, 1.165) is 6.54 Å². The third-order valence-corrected chi connectivity index (χ3v) is 3.48. The molecule has 1 unspecified atom stereocenters. The number of phenolic OH excluding ortho intramolecular Hbond substituents is 1. The predicted octanol–water partition coefficient (Wildman–Crippen LogP) is 0.915. The fourth-order valence-electron chi connectivity index (χ4n) is 2.20. The first-order valence-electron chi connectivity index (χ1n) is 6.33. The van der Waals surface area contributed by atoms with Crippen molar-refractivity contribution in [3.63, 3.8) is 0 Å². The van der Waals surface area contributed by atoms with Gasteiger partial charge in [0, 0.05) is 30.8 Å². The Hall–Kier alpha value is -1.88. The molecule has 1 aromatic rings. The molecule has 1 aliphatic rings. The lowest BCUT2D eigenvalue weighted by Gasteiger charge is -2.32. The molecule has 1 amide bonds. The number of carbonyl (C=O) groups is 2. The fraction of sp³-hybridized carbons (Fsp3) is 0.429. The van der Waals surface area contributed by atoms with Crippen LogP contribution in [-0.2, 0) is 11.3 Å². The molecule has 1 aliphatic heterocycles. The Balaban J connectivity index is 2.20. The van der Waals surface area contributed by atoms with E-state index in [0.29, 0.717) is 24.2 Å². The van der Waals surface area contributed by atoms with Gasteiger partial charge in [-0.25, -0.2) is 0 Å². The van der Waals surface area contributed by atoms with Gasteiger partial charge in [0.2, 0.25) is 5.91 Å². The maximum Gasteiger partial charge on any atom is 0.237 e. The molecule has 1 aromatic carbocycles. The summed E-state index contributed by atoms with van der Waals surface area (Å²) in [7, 11) is 0. The van der Waals surface area contributed by atoms with E-state index in [4.69, 9.17) is 0 Å². The molecule has 0 saturated carbocycles. The van der Waals surface area contributed by atoms with E-state index < -0.39 is 0 Å². The topological polar surface area (TPSA) is 69.6 Å². The zero-order chi connectivity index (χ0) is 14.0. The number of hydrogen-bond acceptors (Lipinski definition) is 4. The van der Waals surface area contributed by atoms with Crippen LogP contribution in [0.4, 0.5) is 0 Å². The van der Waals surface area contributed by atoms with E-state index in [9.17, 15) is 14.7 Å². The van der Waals surface area contributed by atoms with E-state index in [1.165, 1.54) is 13.0 Å². The quantitative estimate of drug-likeness (QED) is 0.795. The van der Waals surface area contributed by atoms with Crippen molar-refractivity contribution in [2.24, 2.45) is 0 Å². The van der Waals surface area contributed by atoms with E-state index in [1.54, 1.807) is 12.1 Å². The van der Waals surface area contributed by atoms with Crippen LogP contribution in [0.2, 0.25) is 0 Å². The molecule has 102 valence electrons. The number of benzene rings is 1. The molecule has 1 fully saturated rings. The minimum absolute atomic E-state index is 0.00605. The minimum atomic E-state index is -0.228. The van der Waals surface area contributed by atoms with Crippen LogP contribution < -0.4 is 5.32 Å². The number of carbonyl (C=O) groups excluding carboxylic acids is 2. The number of Topliss-reactive ketones (excluding diaryl/α,β-unsaturated/α-hetero) is 1. The summed E-state index contributed by atoms with van der Waals surface area (Å²) in [5, 5.41) is 12.7. The monoisotopic (exact) mass is 262 g/mol. The number of nitrogens with one attached hydrogen (secondary N) is 1. The summed E-state index contributed by atoms with van der Waals surface area (Å²) < 4.78 is 0. The van der Waals surface area contributed by atoms with Crippen molar-refractivity contribution in [2.45, 2.75) is 26.4 Å². The van der Waals surface area contributed by atoms with E-state index in [-0.39, 0.29) is 23.5 Å². The van der Waals surface area contributed by atoms with Gasteiger partial charge in [0.05, 0.1) is 6.04 Å². The van der Waals surface area contributed by atoms with Gasteiger partial charge in [-0.05, 0) is 32.0 Å². The number of ketones is 1. The highest BCUT2D eigenvalue weighted by Gasteiger charge is 2.25. The third-order valence-electron chi connectivity index (χ3n) is 3.48. The lowest BCUT2D eigenvalue weighted by molar-refractivity contribution is -0.128. The highest BCUT2D eigenvalue weighted by molar-refractivity contribution is 5.94. The molecule has 0 aromatic heterocycles. The predicted molar refractivity (Wildman–Crippen MR) is 71.0 cm³/mol. The van der Waals surface area contributed by atoms with Crippen LogP contribution in [0, 0.1) is 0 Å². The molecular formula is C14H18N2O3. The molecule has 0 bridgehead atoms. The smallest absolute Gasteiger partial charge is 0.237 e. The highest BCUT2D eigenvalue weighted by Crippen LogP contribution is 2.22. The second kappa shape index (κ2) is 5.40. The van der Waals surface area contributed by atoms with Crippen molar-refractivity contribution in [1.82, 2.24) is 10.2 Å². The van der Waals surface area contributed by atoms with Crippen LogP contribution in [0.15, 0.2) is 18.2 Å². The molecule has 5 nitrogen and oxygen atoms in total. The first-order chi connectivity index (χ1) is 8.99. The fourth-order valence-corrected chi connectivity index (χ4v) is 2.20. The summed E-state index contributed by atoms with van der Waals surface area (Å²) in [6.45, 7) is 5.13. The van der Waals surface area contributed by atoms with Crippen molar-refractivity contribution >= 4 is 11.7 Å². The van der Waals surface area contributed by atoms with Gasteiger partial charge >= 0.3 is 0 Å². The Morgan fingerprint density at radius 2 is 2.26 bits per heavy atom. The number of hydrogen-bond donors (Lipinski definition) is 2. The van der Waals surface area contributed by atoms with Crippen molar-refractivity contribution in [2.75, 3.05) is 13.1 Å². The van der Waals surface area contributed by atoms with Crippen LogP contribution in [0.1, 0.15) is 29.8 Å². The van der Waals surface area contributed by atoms with E-state index >= 15 is 0 Å². The zero-order valence-corrected chi connectivity index (χ0v) is 11.1. The second-order valence-corrected chi connectivity index (χ2v) is 4.84. The average molecular weight is 262 g/mol. The van der Waals surface area contributed by atoms with Gasteiger partial charge in [0.25, 0.3) is 0 Å². The second-order valence-electron chi connectivity index (χ2n) is 4.84. The highest BCUT2D eigenvalue weighted by atomic mass is 16.3. The number of aromatic hydroxyl groups is 1. The Morgan fingerprint density at radius 3 is 2.95 bits per heavy atom. The summed E-state index contributed by atoms with van der Waals surface area (Å²) in [6, 6.07) is 4.60. The maximum atomic E-state index is 11.6. The lowest BCUT2D eigenvalue weighted by atomic mass is 10.1. The number of nitrogens with zero attached hydrogens (tertiary/aromatic N) is 1. The van der Waals surface area contributed by atoms with Gasteiger partial charge in [-0.2, -0.15) is 0 Å². The number of phenols is 1. The van der Waals surface area contributed by atoms with Crippen LogP contribution >= 0.6 is 0 Å². The zero-order valence-electron chi connectivity index (χ0n) is 11.1. The largest absolute Gasteiger partial charge is 0.508 e. The normalized spacial score (nSPS) is 20.1. The molecule has 1 atom stereocenters. The number of piperazine rings is 1. The first-order valence-corrected chi connectivity index (χ1v) is 6.33. The summed E-state index contributed by atoms with van der Waals surface area (Å²) in [5.41, 5.74) is 1.25. The minimum Gasteiger partial charge on any atom is -0.508 e. The number of rotatable bonds is 3. The van der Waals surface area contributed by atoms with Gasteiger partial charge in [-0.1, -0.05) is 0 Å². The molecule has 0 aliphatic carbocycles. The Bertz CT molecular complexity index is 513. The van der Waals surface area contributed by atoms with Gasteiger partial charge < -0.3 is 10.4 Å². The van der Waals surface area contributed by atoms with Crippen molar-refractivity contribution in [3.8, 4) is 5.75 Å². The summed E-state index contributed by atoms with van der Waals surface area (Å²) in [4.78, 5) is 24.9. The Morgan fingerprint density at radius 1 is 1.53 bits per heavy atom. The summed E-state index contributed by atoms with van der Waals surface area (Å²) in [5.74, 6) is 0.113. The van der Waals surface area contributed by atoms with Gasteiger partial charge in [-0.3, -0.25) is 14.5 Å². The van der Waals surface area contributed by atoms with Crippen LogP contribution in [-0.4, -0.2) is 40.8 Å². The molecule has 2 rings (SSSR count). The SMILES string of the molecule is CC(=O)c1ccc(O)c(CN2CCNC(=O)C2C)c1. The lowest BCUT2D eigenvalue weighted by Crippen LogP contribution is -2.53. The van der Waals surface area contributed by atoms with Crippen molar-refractivity contribution < 1.29 is 14.7 Å². The van der Waals surface area contributed by atoms with Gasteiger partial charge in [0.15, 0.2) is 5.78 Å². The first kappa shape index (κ1) is 13.5. The summed E-state index contributed by atoms with van der Waals surface area (Å²) >= 11 is 0. The van der Waals surface area contributed by atoms with Crippen LogP contribution in [0.5, 0.6) is 5.75 Å². The van der Waals surface area contributed by atoms with E-state index in [2.05, 4.69) is 5.32 Å². The Labute approximate surface area is 112 Å². The third kappa shape index (κ3) is 2.93. The summed E-state index contributed by atoms with van der Waals surface area (Å²) in [6.07, 6.45) is 0. The van der Waals surface area contributed by atoms with E-state index in [1.807, 2.05) is 11.8 Å². The molecule has 1 heterocycles. The van der Waals surface area contributed by atoms with Gasteiger partial charge in [0.1, 0.15) is 5.75 Å². The van der Waals surface area contributed by atoms with Crippen molar-refractivity contribution in [3.05, 3.63) is 29.3 Å². The molecule has 0 radical (unpaired) electrons. The molecule has 5 heteroatoms. The Kier molecular flexibility index (Phi) is 3.85. The van der Waals surface area contributed by atoms with Gasteiger partial charge in [-0.15, -0.1) is 0 Å². The molecule has 1 saturated heterocycles. The standard InChI is InChI=1S/C14H18N2O3/c1-9-14(19)15-5-6-16(9)8-12-7-11(10(2)17)3-4-13(12)18/h3-4,7,9,18H,5-6,8H2,1-2H3,(H,15,19). The molecular weight excluding hydrogens is 244 g/mol. The number of amides is 1. The molecule has 19 heavy (non-hydrogen) atoms. The maximum absolute atomic E-state index is 11.6. The average Bonchev–Trinajstić information content (AvgIpc) is 2.37. The molecule has 2 N–H and O–H groups in total. The van der Waals surface area contributed by atoms with Crippen LogP contribution in [0.25, 0.3) is 0 Å². The van der Waals surface area contributed by atoms with Crippen molar-refractivity contribution in [1.29, 1.82) is 0 Å². The molecule has 0 spiro atoms. The van der Waals surface area contributed by atoms with Crippen LogP contribution in [0.3, 0.4) is 0 Å².